The van der Waals surface area contributed by atoms with Crippen LogP contribution in [0.25, 0.3) is 0 Å². The van der Waals surface area contributed by atoms with E-state index in [0.717, 1.165) is 18.1 Å². The van der Waals surface area contributed by atoms with Crippen LogP contribution < -0.4 is 11.1 Å². The van der Waals surface area contributed by atoms with Gasteiger partial charge >= 0.3 is 0 Å². The molecule has 1 heterocycles. The fraction of sp³-hybridized carbons (Fsp3) is 0.556. The Morgan fingerprint density at radius 3 is 2.69 bits per heavy atom. The van der Waals surface area contributed by atoms with Gasteiger partial charge in [0.2, 0.25) is 0 Å². The van der Waals surface area contributed by atoms with Gasteiger partial charge in [-0.1, -0.05) is 0 Å². The molecule has 0 aliphatic rings. The van der Waals surface area contributed by atoms with Crippen LogP contribution in [0.2, 0.25) is 0 Å². The summed E-state index contributed by atoms with van der Waals surface area (Å²) in [5.41, 5.74) is 5.74. The minimum absolute atomic E-state index is 0.505. The highest BCUT2D eigenvalue weighted by Gasteiger charge is 2.15. The van der Waals surface area contributed by atoms with E-state index >= 15 is 0 Å². The normalized spacial score (nSPS) is 15.7. The zero-order chi connectivity index (χ0) is 9.90. The maximum atomic E-state index is 5.74. The van der Waals surface area contributed by atoms with Gasteiger partial charge in [-0.15, -0.1) is 0 Å². The van der Waals surface area contributed by atoms with Crippen LogP contribution in [-0.2, 0) is 13.0 Å². The average Bonchev–Trinajstić information content (AvgIpc) is 2.33. The van der Waals surface area contributed by atoms with Crippen molar-refractivity contribution in [2.75, 3.05) is 7.05 Å². The summed E-state index contributed by atoms with van der Waals surface area (Å²) in [4.78, 5) is -0.505. The summed E-state index contributed by atoms with van der Waals surface area (Å²) in [6.45, 7) is 2.60. The van der Waals surface area contributed by atoms with Crippen LogP contribution >= 0.6 is 12.6 Å². The molecule has 0 spiro atoms. The van der Waals surface area contributed by atoms with Crippen molar-refractivity contribution in [2.24, 2.45) is 5.73 Å². The first-order valence-corrected chi connectivity index (χ1v) is 4.69. The van der Waals surface area contributed by atoms with Crippen molar-refractivity contribution in [3.63, 3.8) is 0 Å². The van der Waals surface area contributed by atoms with Crippen LogP contribution in [0, 0.1) is 0 Å². The molecule has 3 nitrogen and oxygen atoms in total. The molecule has 0 aliphatic heterocycles. The highest BCUT2D eigenvalue weighted by atomic mass is 32.1. The Balaban J connectivity index is 2.59. The quantitative estimate of drug-likeness (QED) is 0.505. The lowest BCUT2D eigenvalue weighted by Gasteiger charge is -2.14. The third-order valence-corrected chi connectivity index (χ3v) is 1.76. The van der Waals surface area contributed by atoms with Gasteiger partial charge in [0.1, 0.15) is 11.5 Å². The molecule has 0 radical (unpaired) electrons. The molecule has 1 atom stereocenters. The van der Waals surface area contributed by atoms with E-state index in [-0.39, 0.29) is 0 Å². The molecule has 0 bridgehead atoms. The molecule has 0 amide bonds. The van der Waals surface area contributed by atoms with Crippen molar-refractivity contribution in [1.82, 2.24) is 5.32 Å². The summed E-state index contributed by atoms with van der Waals surface area (Å²) in [6.07, 6.45) is 0.639. The minimum Gasteiger partial charge on any atom is -0.465 e. The van der Waals surface area contributed by atoms with Gasteiger partial charge in [-0.3, -0.25) is 0 Å². The summed E-state index contributed by atoms with van der Waals surface area (Å²) < 4.78 is 5.51. The molecule has 1 unspecified atom stereocenters. The molecule has 1 rings (SSSR count). The fourth-order valence-electron chi connectivity index (χ4n) is 1.14. The Hall–Kier alpha value is -0.450. The first kappa shape index (κ1) is 10.6. The van der Waals surface area contributed by atoms with Gasteiger partial charge in [0.15, 0.2) is 0 Å². The Morgan fingerprint density at radius 2 is 2.15 bits per heavy atom. The third kappa shape index (κ3) is 3.85. The lowest BCUT2D eigenvalue weighted by atomic mass is 10.2. The molecule has 1 aromatic heterocycles. The van der Waals surface area contributed by atoms with E-state index in [4.69, 9.17) is 10.2 Å². The van der Waals surface area contributed by atoms with E-state index < -0.39 is 4.87 Å². The highest BCUT2D eigenvalue weighted by Crippen LogP contribution is 2.16. The number of furan rings is 1. The van der Waals surface area contributed by atoms with Crippen LogP contribution in [0.5, 0.6) is 0 Å². The van der Waals surface area contributed by atoms with Gasteiger partial charge in [0.25, 0.3) is 0 Å². The van der Waals surface area contributed by atoms with E-state index in [9.17, 15) is 0 Å². The zero-order valence-electron chi connectivity index (χ0n) is 8.00. The van der Waals surface area contributed by atoms with Crippen molar-refractivity contribution < 1.29 is 4.42 Å². The SMILES string of the molecule is CNCc1ccc(CC(C)(N)S)o1. The van der Waals surface area contributed by atoms with Crippen molar-refractivity contribution >= 4 is 12.6 Å². The van der Waals surface area contributed by atoms with Crippen molar-refractivity contribution in [3.8, 4) is 0 Å². The van der Waals surface area contributed by atoms with Crippen LogP contribution in [0.15, 0.2) is 16.5 Å². The maximum absolute atomic E-state index is 5.74. The molecular weight excluding hydrogens is 184 g/mol. The Labute approximate surface area is 84.1 Å². The van der Waals surface area contributed by atoms with Crippen molar-refractivity contribution in [1.29, 1.82) is 0 Å². The van der Waals surface area contributed by atoms with Gasteiger partial charge < -0.3 is 15.5 Å². The average molecular weight is 200 g/mol. The smallest absolute Gasteiger partial charge is 0.117 e. The lowest BCUT2D eigenvalue weighted by molar-refractivity contribution is 0.438. The molecule has 0 aliphatic carbocycles. The second kappa shape index (κ2) is 4.17. The van der Waals surface area contributed by atoms with E-state index in [1.807, 2.05) is 26.1 Å². The fourth-order valence-corrected chi connectivity index (χ4v) is 1.30. The number of nitrogens with one attached hydrogen (secondary N) is 1. The Bertz CT molecular complexity index is 265. The van der Waals surface area contributed by atoms with Gasteiger partial charge in [0, 0.05) is 6.42 Å². The number of thiol groups is 1. The van der Waals surface area contributed by atoms with Gasteiger partial charge in [-0.2, -0.15) is 12.6 Å². The van der Waals surface area contributed by atoms with E-state index in [1.54, 1.807) is 0 Å². The molecule has 0 aromatic carbocycles. The molecule has 74 valence electrons. The molecule has 0 saturated heterocycles. The largest absolute Gasteiger partial charge is 0.465 e. The monoisotopic (exact) mass is 200 g/mol. The number of hydrogen-bond acceptors (Lipinski definition) is 4. The molecule has 13 heavy (non-hydrogen) atoms. The molecule has 1 aromatic rings. The van der Waals surface area contributed by atoms with Crippen molar-refractivity contribution in [2.45, 2.75) is 24.8 Å². The number of nitrogens with two attached hydrogens (primary N) is 1. The number of rotatable bonds is 4. The van der Waals surface area contributed by atoms with Crippen LogP contribution in [0.1, 0.15) is 18.4 Å². The van der Waals surface area contributed by atoms with E-state index in [1.165, 1.54) is 0 Å². The van der Waals surface area contributed by atoms with Gasteiger partial charge in [-0.05, 0) is 26.1 Å². The Kier molecular flexibility index (Phi) is 3.41. The van der Waals surface area contributed by atoms with E-state index in [2.05, 4.69) is 17.9 Å². The van der Waals surface area contributed by atoms with E-state index in [0.29, 0.717) is 6.42 Å². The summed E-state index contributed by atoms with van der Waals surface area (Å²) in [6, 6.07) is 3.89. The second-order valence-electron chi connectivity index (χ2n) is 3.43. The highest BCUT2D eigenvalue weighted by molar-refractivity contribution is 7.81. The first-order valence-electron chi connectivity index (χ1n) is 4.25. The third-order valence-electron chi connectivity index (χ3n) is 1.60. The van der Waals surface area contributed by atoms with Crippen LogP contribution in [-0.4, -0.2) is 11.9 Å². The summed E-state index contributed by atoms with van der Waals surface area (Å²) in [7, 11) is 1.88. The summed E-state index contributed by atoms with van der Waals surface area (Å²) >= 11 is 4.23. The maximum Gasteiger partial charge on any atom is 0.117 e. The van der Waals surface area contributed by atoms with Crippen LogP contribution in [0.4, 0.5) is 0 Å². The van der Waals surface area contributed by atoms with Crippen LogP contribution in [0.3, 0.4) is 0 Å². The number of hydrogen-bond donors (Lipinski definition) is 3. The van der Waals surface area contributed by atoms with Crippen molar-refractivity contribution in [3.05, 3.63) is 23.7 Å². The predicted molar refractivity (Wildman–Crippen MR) is 56.8 cm³/mol. The zero-order valence-corrected chi connectivity index (χ0v) is 8.90. The molecule has 0 saturated carbocycles. The second-order valence-corrected chi connectivity index (χ2v) is 4.45. The molecular formula is C9H16N2OS. The molecule has 0 fully saturated rings. The summed E-state index contributed by atoms with van der Waals surface area (Å²) in [5.74, 6) is 1.81. The topological polar surface area (TPSA) is 51.2 Å². The predicted octanol–water partition coefficient (Wildman–Crippen LogP) is 1.15. The lowest BCUT2D eigenvalue weighted by Crippen LogP contribution is -2.31. The minimum atomic E-state index is -0.505. The Morgan fingerprint density at radius 1 is 1.54 bits per heavy atom. The first-order chi connectivity index (χ1) is 6.01. The molecule has 3 N–H and O–H groups in total. The van der Waals surface area contributed by atoms with Gasteiger partial charge in [-0.25, -0.2) is 0 Å². The molecule has 4 heteroatoms. The summed E-state index contributed by atoms with van der Waals surface area (Å²) in [5, 5.41) is 3.02. The standard InChI is InChI=1S/C9H16N2OS/c1-9(10,13)5-7-3-4-8(12-7)6-11-2/h3-4,11,13H,5-6,10H2,1-2H3. The van der Waals surface area contributed by atoms with Gasteiger partial charge in [0.05, 0.1) is 11.4 Å².